The van der Waals surface area contributed by atoms with Crippen LogP contribution in [0.2, 0.25) is 0 Å². The lowest BCUT2D eigenvalue weighted by molar-refractivity contribution is 0.194. The number of aryl methyl sites for hydroxylation is 1. The van der Waals surface area contributed by atoms with Gasteiger partial charge in [-0.2, -0.15) is 0 Å². The van der Waals surface area contributed by atoms with Gasteiger partial charge in [-0.1, -0.05) is 23.4 Å². The van der Waals surface area contributed by atoms with E-state index in [1.54, 1.807) is 23.5 Å². The summed E-state index contributed by atoms with van der Waals surface area (Å²) in [6, 6.07) is 15.6. The van der Waals surface area contributed by atoms with E-state index >= 15 is 0 Å². The molecule has 1 aliphatic rings. The van der Waals surface area contributed by atoms with Gasteiger partial charge in [0.2, 0.25) is 0 Å². The third kappa shape index (κ3) is 4.52. The Bertz CT molecular complexity index is 1250. The minimum atomic E-state index is -0.291. The van der Waals surface area contributed by atoms with Crippen LogP contribution in [0, 0.1) is 12.7 Å². The summed E-state index contributed by atoms with van der Waals surface area (Å²) in [5, 5.41) is 10.2. The molecular formula is C25H23FN4O2S. The molecule has 1 N–H and O–H groups in total. The van der Waals surface area contributed by atoms with Gasteiger partial charge in [-0.3, -0.25) is 0 Å². The van der Waals surface area contributed by atoms with E-state index in [9.17, 15) is 9.18 Å². The topological polar surface area (TPSA) is 71.3 Å². The highest BCUT2D eigenvalue weighted by Crippen LogP contribution is 2.38. The summed E-state index contributed by atoms with van der Waals surface area (Å²) < 4.78 is 18.8. The second-order valence-electron chi connectivity index (χ2n) is 8.10. The Labute approximate surface area is 195 Å². The van der Waals surface area contributed by atoms with E-state index in [4.69, 9.17) is 9.51 Å². The Morgan fingerprint density at radius 1 is 1.12 bits per heavy atom. The van der Waals surface area contributed by atoms with Gasteiger partial charge in [0.05, 0.1) is 16.3 Å². The zero-order valence-electron chi connectivity index (χ0n) is 18.1. The molecule has 2 amide bonds. The highest BCUT2D eigenvalue weighted by Gasteiger charge is 2.27. The number of amides is 2. The van der Waals surface area contributed by atoms with E-state index in [0.29, 0.717) is 30.5 Å². The van der Waals surface area contributed by atoms with Crippen molar-refractivity contribution in [2.24, 2.45) is 0 Å². The molecule has 0 aliphatic carbocycles. The fourth-order valence-corrected chi connectivity index (χ4v) is 5.10. The minimum Gasteiger partial charge on any atom is -0.360 e. The largest absolute Gasteiger partial charge is 0.360 e. The molecule has 0 bridgehead atoms. The van der Waals surface area contributed by atoms with Crippen molar-refractivity contribution in [1.29, 1.82) is 0 Å². The van der Waals surface area contributed by atoms with E-state index in [2.05, 4.69) is 10.5 Å². The van der Waals surface area contributed by atoms with Gasteiger partial charge in [-0.15, -0.1) is 11.3 Å². The van der Waals surface area contributed by atoms with Crippen molar-refractivity contribution in [1.82, 2.24) is 15.0 Å². The van der Waals surface area contributed by atoms with E-state index in [1.807, 2.05) is 47.5 Å². The van der Waals surface area contributed by atoms with E-state index in [1.165, 1.54) is 12.1 Å². The third-order valence-corrected chi connectivity index (χ3v) is 6.92. The van der Waals surface area contributed by atoms with Crippen molar-refractivity contribution in [2.75, 3.05) is 18.4 Å². The summed E-state index contributed by atoms with van der Waals surface area (Å²) in [7, 11) is 0. The van der Waals surface area contributed by atoms with Crippen molar-refractivity contribution < 1.29 is 13.7 Å². The standard InChI is InChI=1S/C25H23FN4O2S/c1-16-22(23(29-32-16)17-7-9-19(26)10-8-17)21-15-33-24(28-21)18-11-13-30(14-12-18)25(31)27-20-5-3-2-4-6-20/h2-10,15,18H,11-14H2,1H3,(H,27,31). The lowest BCUT2D eigenvalue weighted by Gasteiger charge is -2.31. The highest BCUT2D eigenvalue weighted by atomic mass is 32.1. The summed E-state index contributed by atoms with van der Waals surface area (Å²) in [6.45, 7) is 3.23. The SMILES string of the molecule is Cc1onc(-c2ccc(F)cc2)c1-c1csc(C2CCN(C(=O)Nc3ccccc3)CC2)n1. The van der Waals surface area contributed by atoms with Crippen molar-refractivity contribution in [3.63, 3.8) is 0 Å². The van der Waals surface area contributed by atoms with Crippen LogP contribution in [0.25, 0.3) is 22.5 Å². The van der Waals surface area contributed by atoms with Crippen LogP contribution >= 0.6 is 11.3 Å². The van der Waals surface area contributed by atoms with Gasteiger partial charge in [0.15, 0.2) is 0 Å². The first-order valence-corrected chi connectivity index (χ1v) is 11.8. The number of para-hydroxylation sites is 1. The number of hydrogen-bond acceptors (Lipinski definition) is 5. The van der Waals surface area contributed by atoms with Gasteiger partial charge in [-0.25, -0.2) is 14.2 Å². The number of piperidine rings is 1. The summed E-state index contributed by atoms with van der Waals surface area (Å²) in [6.07, 6.45) is 1.73. The van der Waals surface area contributed by atoms with Crippen molar-refractivity contribution in [3.05, 3.63) is 76.6 Å². The normalized spacial score (nSPS) is 14.4. The first kappa shape index (κ1) is 21.3. The molecule has 4 aromatic rings. The van der Waals surface area contributed by atoms with Crippen LogP contribution in [0.5, 0.6) is 0 Å². The quantitative estimate of drug-likeness (QED) is 0.385. The molecule has 33 heavy (non-hydrogen) atoms. The number of halogens is 1. The van der Waals surface area contributed by atoms with Crippen molar-refractivity contribution in [2.45, 2.75) is 25.7 Å². The molecule has 0 unspecified atom stereocenters. The number of rotatable bonds is 4. The maximum Gasteiger partial charge on any atom is 0.321 e. The molecular weight excluding hydrogens is 439 g/mol. The number of carbonyl (C=O) groups excluding carboxylic acids is 1. The van der Waals surface area contributed by atoms with Crippen LogP contribution in [-0.4, -0.2) is 34.2 Å². The monoisotopic (exact) mass is 462 g/mol. The number of benzene rings is 2. The van der Waals surface area contributed by atoms with Crippen LogP contribution in [0.15, 0.2) is 64.5 Å². The number of nitrogens with zero attached hydrogens (tertiary/aromatic N) is 3. The molecule has 1 saturated heterocycles. The summed E-state index contributed by atoms with van der Waals surface area (Å²) in [5.41, 5.74) is 3.91. The van der Waals surface area contributed by atoms with E-state index in [-0.39, 0.29) is 11.8 Å². The molecule has 6 nitrogen and oxygen atoms in total. The Morgan fingerprint density at radius 3 is 2.58 bits per heavy atom. The zero-order valence-corrected chi connectivity index (χ0v) is 18.9. The smallest absolute Gasteiger partial charge is 0.321 e. The maximum atomic E-state index is 13.3. The Kier molecular flexibility index (Phi) is 5.92. The van der Waals surface area contributed by atoms with E-state index < -0.39 is 0 Å². The van der Waals surface area contributed by atoms with Gasteiger partial charge in [0.1, 0.15) is 17.3 Å². The second kappa shape index (κ2) is 9.15. The van der Waals surface area contributed by atoms with Gasteiger partial charge in [0.25, 0.3) is 0 Å². The number of likely N-dealkylation sites (tertiary alicyclic amines) is 1. The molecule has 0 atom stereocenters. The average molecular weight is 463 g/mol. The Hall–Kier alpha value is -3.52. The molecule has 0 radical (unpaired) electrons. The van der Waals surface area contributed by atoms with Gasteiger partial charge >= 0.3 is 6.03 Å². The fraction of sp³-hybridized carbons (Fsp3) is 0.240. The lowest BCUT2D eigenvalue weighted by Crippen LogP contribution is -2.40. The number of hydrogen-bond donors (Lipinski definition) is 1. The minimum absolute atomic E-state index is 0.0662. The lowest BCUT2D eigenvalue weighted by atomic mass is 9.97. The molecule has 168 valence electrons. The fourth-order valence-electron chi connectivity index (χ4n) is 4.12. The summed E-state index contributed by atoms with van der Waals surface area (Å²) >= 11 is 1.62. The molecule has 0 saturated carbocycles. The van der Waals surface area contributed by atoms with E-state index in [0.717, 1.165) is 40.4 Å². The average Bonchev–Trinajstić information content (AvgIpc) is 3.47. The summed E-state index contributed by atoms with van der Waals surface area (Å²) in [5.74, 6) is 0.692. The molecule has 5 rings (SSSR count). The van der Waals surface area contributed by atoms with Crippen LogP contribution in [0.1, 0.15) is 29.5 Å². The Morgan fingerprint density at radius 2 is 1.85 bits per heavy atom. The number of anilines is 1. The van der Waals surface area contributed by atoms with Crippen molar-refractivity contribution in [3.8, 4) is 22.5 Å². The number of urea groups is 1. The molecule has 3 heterocycles. The third-order valence-electron chi connectivity index (χ3n) is 5.91. The number of carbonyl (C=O) groups is 1. The number of aromatic nitrogens is 2. The molecule has 2 aromatic heterocycles. The summed E-state index contributed by atoms with van der Waals surface area (Å²) in [4.78, 5) is 19.3. The highest BCUT2D eigenvalue weighted by molar-refractivity contribution is 7.10. The molecule has 1 fully saturated rings. The van der Waals surface area contributed by atoms with Gasteiger partial charge < -0.3 is 14.7 Å². The molecule has 0 spiro atoms. The predicted octanol–water partition coefficient (Wildman–Crippen LogP) is 6.32. The molecule has 8 heteroatoms. The van der Waals surface area contributed by atoms with Gasteiger partial charge in [0, 0.05) is 35.6 Å². The molecule has 2 aromatic carbocycles. The van der Waals surface area contributed by atoms with Gasteiger partial charge in [-0.05, 0) is 56.2 Å². The maximum absolute atomic E-state index is 13.3. The van der Waals surface area contributed by atoms with Crippen LogP contribution in [0.3, 0.4) is 0 Å². The van der Waals surface area contributed by atoms with Crippen LogP contribution in [-0.2, 0) is 0 Å². The predicted molar refractivity (Wildman–Crippen MR) is 127 cm³/mol. The first-order valence-electron chi connectivity index (χ1n) is 10.9. The number of thiazole rings is 1. The zero-order chi connectivity index (χ0) is 22.8. The Balaban J connectivity index is 1.27. The second-order valence-corrected chi connectivity index (χ2v) is 8.99. The molecule has 1 aliphatic heterocycles. The van der Waals surface area contributed by atoms with Crippen molar-refractivity contribution >= 4 is 23.1 Å². The number of nitrogens with one attached hydrogen (secondary N) is 1. The first-order chi connectivity index (χ1) is 16.1. The van der Waals surface area contributed by atoms with Crippen LogP contribution < -0.4 is 5.32 Å². The van der Waals surface area contributed by atoms with Crippen LogP contribution in [0.4, 0.5) is 14.9 Å².